The number of hydrogen-bond acceptors (Lipinski definition) is 4. The van der Waals surface area contributed by atoms with Crippen molar-refractivity contribution in [2.24, 2.45) is 0 Å². The lowest BCUT2D eigenvalue weighted by Crippen LogP contribution is -2.39. The van der Waals surface area contributed by atoms with Crippen LogP contribution in [0.1, 0.15) is 19.4 Å². The van der Waals surface area contributed by atoms with Gasteiger partial charge in [-0.05, 0) is 44.8 Å². The number of likely N-dealkylation sites (N-methyl/N-ethyl adjacent to an activating group) is 1. The molecule has 1 N–H and O–H groups in total. The predicted molar refractivity (Wildman–Crippen MR) is 120 cm³/mol. The standard InChI is InChI=1S/C20H25N3S2.ClH/c1-5-22(4)13-14(2)23-16-8-6-7-9-18(16)25-19-11-10-15(12-17(19)23)20(24)21-3;/h6-12,14H,5,13H2,1-4H3,(H,21,24);1H/t14-;/m1./s1. The van der Waals surface area contributed by atoms with Crippen molar-refractivity contribution in [2.45, 2.75) is 29.7 Å². The first-order valence-corrected chi connectivity index (χ1v) is 9.88. The van der Waals surface area contributed by atoms with Crippen molar-refractivity contribution in [2.75, 3.05) is 32.1 Å². The van der Waals surface area contributed by atoms with Gasteiger partial charge in [0.25, 0.3) is 0 Å². The Morgan fingerprint density at radius 1 is 1.19 bits per heavy atom. The number of nitrogens with zero attached hydrogens (tertiary/aromatic N) is 2. The SMILES string of the molecule is CCN(C)C[C@@H](C)N1c2ccccc2Sc2ccc(C(=S)NC)cc21.Cl. The first-order valence-electron chi connectivity index (χ1n) is 8.66. The Bertz CT molecular complexity index is 781. The zero-order chi connectivity index (χ0) is 18.0. The maximum Gasteiger partial charge on any atom is 0.106 e. The van der Waals surface area contributed by atoms with Crippen molar-refractivity contribution in [3.8, 4) is 0 Å². The van der Waals surface area contributed by atoms with E-state index in [1.54, 1.807) is 0 Å². The number of thiocarbonyl (C=S) groups is 1. The Morgan fingerprint density at radius 2 is 1.88 bits per heavy atom. The van der Waals surface area contributed by atoms with Gasteiger partial charge in [0.1, 0.15) is 4.99 Å². The van der Waals surface area contributed by atoms with E-state index in [0.29, 0.717) is 6.04 Å². The summed E-state index contributed by atoms with van der Waals surface area (Å²) in [4.78, 5) is 8.20. The van der Waals surface area contributed by atoms with Gasteiger partial charge in [0.05, 0.1) is 11.4 Å². The Kier molecular flexibility index (Phi) is 7.35. The van der Waals surface area contributed by atoms with Gasteiger partial charge >= 0.3 is 0 Å². The highest BCUT2D eigenvalue weighted by molar-refractivity contribution is 7.99. The van der Waals surface area contributed by atoms with Crippen molar-refractivity contribution in [3.05, 3.63) is 48.0 Å². The summed E-state index contributed by atoms with van der Waals surface area (Å²) in [5, 5.41) is 3.09. The van der Waals surface area contributed by atoms with Crippen LogP contribution in [0.25, 0.3) is 0 Å². The number of halogens is 1. The molecular weight excluding hydrogens is 382 g/mol. The van der Waals surface area contributed by atoms with Gasteiger partial charge in [-0.15, -0.1) is 12.4 Å². The van der Waals surface area contributed by atoms with Crippen LogP contribution < -0.4 is 10.2 Å². The highest BCUT2D eigenvalue weighted by Gasteiger charge is 2.27. The summed E-state index contributed by atoms with van der Waals surface area (Å²) in [5.41, 5.74) is 3.60. The van der Waals surface area contributed by atoms with Gasteiger partial charge in [-0.1, -0.05) is 49.1 Å². The molecule has 0 saturated carbocycles. The largest absolute Gasteiger partial charge is 0.379 e. The van der Waals surface area contributed by atoms with Gasteiger partial charge in [-0.25, -0.2) is 0 Å². The number of benzene rings is 2. The molecule has 0 aliphatic carbocycles. The molecule has 0 fully saturated rings. The van der Waals surface area contributed by atoms with Gasteiger partial charge in [-0.3, -0.25) is 0 Å². The average molecular weight is 408 g/mol. The molecule has 0 unspecified atom stereocenters. The second-order valence-electron chi connectivity index (χ2n) is 6.41. The lowest BCUT2D eigenvalue weighted by Gasteiger charge is -2.39. The first kappa shape index (κ1) is 21.0. The summed E-state index contributed by atoms with van der Waals surface area (Å²) < 4.78 is 0. The fourth-order valence-electron chi connectivity index (χ4n) is 3.20. The molecule has 0 spiro atoms. The quantitative estimate of drug-likeness (QED) is 0.705. The smallest absolute Gasteiger partial charge is 0.106 e. The minimum atomic E-state index is 0. The third-order valence-electron chi connectivity index (χ3n) is 4.61. The van der Waals surface area contributed by atoms with E-state index in [0.717, 1.165) is 23.6 Å². The zero-order valence-corrected chi connectivity index (χ0v) is 18.1. The molecule has 3 rings (SSSR count). The highest BCUT2D eigenvalue weighted by atomic mass is 35.5. The molecule has 0 amide bonds. The van der Waals surface area contributed by atoms with Crippen molar-refractivity contribution in [1.82, 2.24) is 10.2 Å². The average Bonchev–Trinajstić information content (AvgIpc) is 2.64. The third kappa shape index (κ3) is 4.17. The van der Waals surface area contributed by atoms with Crippen LogP contribution in [0.2, 0.25) is 0 Å². The second-order valence-corrected chi connectivity index (χ2v) is 7.90. The molecule has 3 nitrogen and oxygen atoms in total. The summed E-state index contributed by atoms with van der Waals surface area (Å²) >= 11 is 7.29. The predicted octanol–water partition coefficient (Wildman–Crippen LogP) is 4.95. The van der Waals surface area contributed by atoms with E-state index < -0.39 is 0 Å². The third-order valence-corrected chi connectivity index (χ3v) is 6.18. The Morgan fingerprint density at radius 3 is 2.58 bits per heavy atom. The fraction of sp³-hybridized carbons (Fsp3) is 0.350. The van der Waals surface area contributed by atoms with Gasteiger partial charge in [0.2, 0.25) is 0 Å². The van der Waals surface area contributed by atoms with Crippen LogP contribution in [0.5, 0.6) is 0 Å². The summed E-state index contributed by atoms with van der Waals surface area (Å²) in [6.07, 6.45) is 0. The summed E-state index contributed by atoms with van der Waals surface area (Å²) in [5.74, 6) is 0. The molecule has 1 atom stereocenters. The topological polar surface area (TPSA) is 18.5 Å². The van der Waals surface area contributed by atoms with Crippen LogP contribution in [-0.2, 0) is 0 Å². The van der Waals surface area contributed by atoms with Crippen LogP contribution >= 0.6 is 36.4 Å². The van der Waals surface area contributed by atoms with Crippen molar-refractivity contribution in [1.29, 1.82) is 0 Å². The summed E-state index contributed by atoms with van der Waals surface area (Å²) in [6.45, 7) is 6.55. The number of rotatable bonds is 5. The highest BCUT2D eigenvalue weighted by Crippen LogP contribution is 2.49. The van der Waals surface area contributed by atoms with E-state index in [2.05, 4.69) is 78.5 Å². The van der Waals surface area contributed by atoms with E-state index in [-0.39, 0.29) is 12.4 Å². The van der Waals surface area contributed by atoms with E-state index >= 15 is 0 Å². The van der Waals surface area contributed by atoms with Crippen LogP contribution in [0.4, 0.5) is 11.4 Å². The molecule has 0 bridgehead atoms. The lowest BCUT2D eigenvalue weighted by molar-refractivity contribution is 0.332. The van der Waals surface area contributed by atoms with Crippen molar-refractivity contribution >= 4 is 52.8 Å². The zero-order valence-electron chi connectivity index (χ0n) is 15.7. The first-order chi connectivity index (χ1) is 12.0. The summed E-state index contributed by atoms with van der Waals surface area (Å²) in [7, 11) is 4.05. The molecule has 26 heavy (non-hydrogen) atoms. The number of anilines is 2. The monoisotopic (exact) mass is 407 g/mol. The van der Waals surface area contributed by atoms with E-state index in [9.17, 15) is 0 Å². The fourth-order valence-corrected chi connectivity index (χ4v) is 4.38. The summed E-state index contributed by atoms with van der Waals surface area (Å²) in [6, 6.07) is 15.6. The number of fused-ring (bicyclic) bond motifs is 2. The molecule has 0 aromatic heterocycles. The van der Waals surface area contributed by atoms with Crippen molar-refractivity contribution in [3.63, 3.8) is 0 Å². The molecule has 6 heteroatoms. The van der Waals surface area contributed by atoms with Crippen LogP contribution in [-0.4, -0.2) is 43.1 Å². The Balaban J connectivity index is 0.00000243. The normalized spacial score (nSPS) is 13.5. The van der Waals surface area contributed by atoms with Crippen molar-refractivity contribution < 1.29 is 0 Å². The molecule has 0 saturated heterocycles. The van der Waals surface area contributed by atoms with E-state index in [4.69, 9.17) is 12.2 Å². The minimum absolute atomic E-state index is 0. The number of para-hydroxylation sites is 1. The molecule has 0 radical (unpaired) electrons. The van der Waals surface area contributed by atoms with Crippen LogP contribution in [0.3, 0.4) is 0 Å². The van der Waals surface area contributed by atoms with Gasteiger partial charge in [-0.2, -0.15) is 0 Å². The lowest BCUT2D eigenvalue weighted by atomic mass is 10.1. The van der Waals surface area contributed by atoms with Crippen LogP contribution in [0, 0.1) is 0 Å². The molecule has 2 aromatic rings. The van der Waals surface area contributed by atoms with Crippen LogP contribution in [0.15, 0.2) is 52.3 Å². The minimum Gasteiger partial charge on any atom is -0.379 e. The molecule has 1 aliphatic rings. The maximum absolute atomic E-state index is 5.45. The van der Waals surface area contributed by atoms with E-state index in [1.807, 2.05) is 18.8 Å². The molecule has 2 aromatic carbocycles. The molecule has 1 aliphatic heterocycles. The van der Waals surface area contributed by atoms with E-state index in [1.165, 1.54) is 21.2 Å². The number of hydrogen-bond donors (Lipinski definition) is 1. The Hall–Kier alpha value is -1.27. The molecule has 140 valence electrons. The van der Waals surface area contributed by atoms with Gasteiger partial charge < -0.3 is 15.1 Å². The second kappa shape index (κ2) is 9.09. The van der Waals surface area contributed by atoms with Gasteiger partial charge in [0.15, 0.2) is 0 Å². The molecule has 1 heterocycles. The van der Waals surface area contributed by atoms with Gasteiger partial charge in [0, 0.05) is 35.0 Å². The number of nitrogens with one attached hydrogen (secondary N) is 1. The molecular formula is C20H26ClN3S2. The Labute approximate surface area is 172 Å². The maximum atomic E-state index is 5.45.